The smallest absolute Gasteiger partial charge is 0.349 e. The van der Waals surface area contributed by atoms with Gasteiger partial charge in [-0.15, -0.1) is 23.7 Å². The molecule has 2 saturated heterocycles. The minimum Gasteiger partial charge on any atom is -0.465 e. The Hall–Kier alpha value is -0.710. The normalized spacial score (nSPS) is 22.6. The summed E-state index contributed by atoms with van der Waals surface area (Å²) in [4.78, 5) is 14.5. The first-order valence-electron chi connectivity index (χ1n) is 8.06. The van der Waals surface area contributed by atoms with Gasteiger partial charge in [0, 0.05) is 45.3 Å². The molecule has 2 aliphatic rings. The number of aryl methyl sites for hydroxylation is 1. The quantitative estimate of drug-likeness (QED) is 0.745. The average Bonchev–Trinajstić information content (AvgIpc) is 3.22. The molecule has 0 aliphatic carbocycles. The van der Waals surface area contributed by atoms with E-state index in [2.05, 4.69) is 10.2 Å². The Kier molecular flexibility index (Phi) is 6.86. The van der Waals surface area contributed by atoms with Crippen molar-refractivity contribution in [1.82, 2.24) is 14.5 Å². The fourth-order valence-electron chi connectivity index (χ4n) is 3.39. The number of rotatable bonds is 4. The Balaban J connectivity index is 0.00000225. The van der Waals surface area contributed by atoms with E-state index in [0.717, 1.165) is 43.9 Å². The standard InChI is InChI=1S/C15H23N3O4S2.ClH/c1-11-10-23-13(15(19)22-2)14(11)24(20,21)18-6-3-12(9-18)17-7-4-16-5-8-17;/h10,12,16H,3-9H2,1-2H3;1H. The summed E-state index contributed by atoms with van der Waals surface area (Å²) in [6.07, 6.45) is 0.829. The van der Waals surface area contributed by atoms with Crippen LogP contribution in [-0.2, 0) is 14.8 Å². The van der Waals surface area contributed by atoms with Gasteiger partial charge in [0.05, 0.1) is 7.11 Å². The van der Waals surface area contributed by atoms with Crippen LogP contribution >= 0.6 is 23.7 Å². The Morgan fingerprint density at radius 1 is 1.32 bits per heavy atom. The van der Waals surface area contributed by atoms with Gasteiger partial charge in [-0.1, -0.05) is 0 Å². The summed E-state index contributed by atoms with van der Waals surface area (Å²) < 4.78 is 32.4. The van der Waals surface area contributed by atoms with Crippen LogP contribution in [0.25, 0.3) is 0 Å². The number of thiophene rings is 1. The Morgan fingerprint density at radius 2 is 2.00 bits per heavy atom. The zero-order valence-corrected chi connectivity index (χ0v) is 16.8. The van der Waals surface area contributed by atoms with Crippen molar-refractivity contribution in [3.63, 3.8) is 0 Å². The van der Waals surface area contributed by atoms with Crippen molar-refractivity contribution in [1.29, 1.82) is 0 Å². The maximum absolute atomic E-state index is 13.1. The van der Waals surface area contributed by atoms with Crippen LogP contribution in [0.1, 0.15) is 21.7 Å². The molecule has 1 atom stereocenters. The van der Waals surface area contributed by atoms with E-state index in [4.69, 9.17) is 4.74 Å². The molecule has 1 aromatic heterocycles. The van der Waals surface area contributed by atoms with Gasteiger partial charge in [0.15, 0.2) is 0 Å². The number of ether oxygens (including phenoxy) is 1. The number of nitrogens with zero attached hydrogens (tertiary/aromatic N) is 2. The summed E-state index contributed by atoms with van der Waals surface area (Å²) in [5.74, 6) is -0.593. The molecular formula is C15H24ClN3O4S2. The zero-order valence-electron chi connectivity index (χ0n) is 14.4. The summed E-state index contributed by atoms with van der Waals surface area (Å²) in [7, 11) is -2.41. The lowest BCUT2D eigenvalue weighted by Gasteiger charge is -2.32. The largest absolute Gasteiger partial charge is 0.465 e. The number of halogens is 1. The monoisotopic (exact) mass is 409 g/mol. The van der Waals surface area contributed by atoms with Crippen LogP contribution in [0.3, 0.4) is 0 Å². The van der Waals surface area contributed by atoms with Gasteiger partial charge in [-0.25, -0.2) is 13.2 Å². The van der Waals surface area contributed by atoms with Crippen LogP contribution < -0.4 is 5.32 Å². The summed E-state index contributed by atoms with van der Waals surface area (Å²) >= 11 is 1.12. The highest BCUT2D eigenvalue weighted by atomic mass is 35.5. The lowest BCUT2D eigenvalue weighted by atomic mass is 10.2. The summed E-state index contributed by atoms with van der Waals surface area (Å²) in [6, 6.07) is 0.252. The predicted molar refractivity (Wildman–Crippen MR) is 99.3 cm³/mol. The van der Waals surface area contributed by atoms with Crippen molar-refractivity contribution in [2.75, 3.05) is 46.4 Å². The molecule has 25 heavy (non-hydrogen) atoms. The van der Waals surface area contributed by atoms with Crippen LogP contribution in [0.4, 0.5) is 0 Å². The molecule has 0 saturated carbocycles. The molecule has 3 heterocycles. The minimum atomic E-state index is -3.68. The maximum Gasteiger partial charge on any atom is 0.349 e. The van der Waals surface area contributed by atoms with E-state index in [-0.39, 0.29) is 28.2 Å². The second-order valence-electron chi connectivity index (χ2n) is 6.16. The third-order valence-electron chi connectivity index (χ3n) is 4.68. The van der Waals surface area contributed by atoms with Gasteiger partial charge >= 0.3 is 5.97 Å². The lowest BCUT2D eigenvalue weighted by molar-refractivity contribution is 0.0602. The Bertz CT molecular complexity index is 716. The number of sulfonamides is 1. The van der Waals surface area contributed by atoms with E-state index in [1.807, 2.05) is 0 Å². The minimum absolute atomic E-state index is 0. The van der Waals surface area contributed by atoms with Gasteiger partial charge in [-0.2, -0.15) is 4.31 Å². The van der Waals surface area contributed by atoms with E-state index in [0.29, 0.717) is 18.7 Å². The van der Waals surface area contributed by atoms with Gasteiger partial charge in [-0.05, 0) is 24.3 Å². The van der Waals surface area contributed by atoms with E-state index < -0.39 is 16.0 Å². The van der Waals surface area contributed by atoms with Gasteiger partial charge in [0.1, 0.15) is 9.77 Å². The highest BCUT2D eigenvalue weighted by molar-refractivity contribution is 7.89. The fourth-order valence-corrected chi connectivity index (χ4v) is 6.54. The molecule has 3 rings (SSSR count). The van der Waals surface area contributed by atoms with Crippen LogP contribution in [-0.4, -0.2) is 76.0 Å². The molecule has 0 radical (unpaired) electrons. The number of piperazine rings is 1. The number of hydrogen-bond donors (Lipinski definition) is 1. The molecule has 142 valence electrons. The molecule has 1 unspecified atom stereocenters. The fraction of sp³-hybridized carbons (Fsp3) is 0.667. The Labute approximate surface area is 158 Å². The van der Waals surface area contributed by atoms with Crippen molar-refractivity contribution in [2.45, 2.75) is 24.3 Å². The number of hydrogen-bond acceptors (Lipinski definition) is 7. The summed E-state index contributed by atoms with van der Waals surface area (Å²) in [5.41, 5.74) is 0.603. The molecule has 0 spiro atoms. The van der Waals surface area contributed by atoms with Crippen molar-refractivity contribution < 1.29 is 17.9 Å². The highest BCUT2D eigenvalue weighted by Gasteiger charge is 2.38. The van der Waals surface area contributed by atoms with Crippen LogP contribution in [0, 0.1) is 6.92 Å². The molecular weight excluding hydrogens is 386 g/mol. The van der Waals surface area contributed by atoms with Gasteiger partial charge < -0.3 is 10.1 Å². The molecule has 2 fully saturated rings. The second kappa shape index (κ2) is 8.32. The van der Waals surface area contributed by atoms with E-state index in [1.165, 1.54) is 11.4 Å². The van der Waals surface area contributed by atoms with Crippen LogP contribution in [0.2, 0.25) is 0 Å². The van der Waals surface area contributed by atoms with Crippen LogP contribution in [0.5, 0.6) is 0 Å². The topological polar surface area (TPSA) is 79.0 Å². The van der Waals surface area contributed by atoms with Crippen molar-refractivity contribution >= 4 is 39.7 Å². The average molecular weight is 410 g/mol. The molecule has 2 aliphatic heterocycles. The molecule has 10 heteroatoms. The number of nitrogens with one attached hydrogen (secondary N) is 1. The molecule has 7 nitrogen and oxygen atoms in total. The molecule has 1 N–H and O–H groups in total. The summed E-state index contributed by atoms with van der Waals surface area (Å²) in [5, 5.41) is 5.01. The molecule has 0 aromatic carbocycles. The predicted octanol–water partition coefficient (Wildman–Crippen LogP) is 0.933. The van der Waals surface area contributed by atoms with Crippen molar-refractivity contribution in [2.24, 2.45) is 0 Å². The van der Waals surface area contributed by atoms with E-state index in [1.54, 1.807) is 12.3 Å². The molecule has 0 amide bonds. The first-order chi connectivity index (χ1) is 11.4. The van der Waals surface area contributed by atoms with Gasteiger partial charge in [-0.3, -0.25) is 4.90 Å². The van der Waals surface area contributed by atoms with Gasteiger partial charge in [0.25, 0.3) is 0 Å². The molecule has 1 aromatic rings. The number of carbonyl (C=O) groups excluding carboxylic acids is 1. The number of esters is 1. The highest BCUT2D eigenvalue weighted by Crippen LogP contribution is 2.32. The second-order valence-corrected chi connectivity index (χ2v) is 8.91. The van der Waals surface area contributed by atoms with E-state index in [9.17, 15) is 13.2 Å². The van der Waals surface area contributed by atoms with Crippen molar-refractivity contribution in [3.05, 3.63) is 15.8 Å². The first kappa shape index (κ1) is 20.6. The number of carbonyl (C=O) groups is 1. The number of methoxy groups -OCH3 is 1. The van der Waals surface area contributed by atoms with E-state index >= 15 is 0 Å². The lowest BCUT2D eigenvalue weighted by Crippen LogP contribution is -2.49. The van der Waals surface area contributed by atoms with Crippen LogP contribution in [0.15, 0.2) is 10.3 Å². The first-order valence-corrected chi connectivity index (χ1v) is 10.4. The maximum atomic E-state index is 13.1. The SMILES string of the molecule is COC(=O)c1scc(C)c1S(=O)(=O)N1CCC(N2CCNCC2)C1.Cl. The van der Waals surface area contributed by atoms with Crippen molar-refractivity contribution in [3.8, 4) is 0 Å². The molecule has 0 bridgehead atoms. The summed E-state index contributed by atoms with van der Waals surface area (Å²) in [6.45, 7) is 6.48. The Morgan fingerprint density at radius 3 is 2.64 bits per heavy atom. The third kappa shape index (κ3) is 4.01. The third-order valence-corrected chi connectivity index (χ3v) is 7.94. The zero-order chi connectivity index (χ0) is 17.3. The van der Waals surface area contributed by atoms with Gasteiger partial charge in [0.2, 0.25) is 10.0 Å².